The van der Waals surface area contributed by atoms with Gasteiger partial charge in [0, 0.05) is 86.4 Å². The van der Waals surface area contributed by atoms with Crippen LogP contribution < -0.4 is 26.8 Å². The average Bonchev–Trinajstić information content (AvgIpc) is 3.73. The van der Waals surface area contributed by atoms with Gasteiger partial charge in [-0.2, -0.15) is 0 Å². The minimum atomic E-state index is -0.120. The number of nitrogens with zero attached hydrogens (tertiary/aromatic N) is 3. The van der Waals surface area contributed by atoms with Crippen molar-refractivity contribution in [1.29, 1.82) is 0 Å². The van der Waals surface area contributed by atoms with Crippen molar-refractivity contribution in [3.63, 3.8) is 0 Å². The largest absolute Gasteiger partial charge is 0.352 e. The van der Waals surface area contributed by atoms with Crippen LogP contribution in [-0.2, 0) is 22.7 Å². The molecule has 4 N–H and O–H groups in total. The quantitative estimate of drug-likeness (QED) is 0.159. The molecule has 2 atom stereocenters. The summed E-state index contributed by atoms with van der Waals surface area (Å²) in [7, 11) is 0. The normalized spacial score (nSPS) is 17.4. The van der Waals surface area contributed by atoms with E-state index in [1.807, 2.05) is 54.7 Å². The molecule has 5 heterocycles. The first-order valence-corrected chi connectivity index (χ1v) is 17.1. The fourth-order valence-corrected chi connectivity index (χ4v) is 7.03. The van der Waals surface area contributed by atoms with Crippen LogP contribution in [0, 0.1) is 6.92 Å². The summed E-state index contributed by atoms with van der Waals surface area (Å²) in [5.74, 6) is 0.195. The molecule has 2 aliphatic heterocycles. The first kappa shape index (κ1) is 32.6. The van der Waals surface area contributed by atoms with Crippen molar-refractivity contribution >= 4 is 29.1 Å². The van der Waals surface area contributed by atoms with Gasteiger partial charge in [-0.3, -0.25) is 23.8 Å². The molecule has 5 aromatic rings. The molecule has 0 saturated carbocycles. The highest BCUT2D eigenvalue weighted by molar-refractivity contribution is 6.36. The van der Waals surface area contributed by atoms with Crippen molar-refractivity contribution in [2.45, 2.75) is 57.8 Å². The molecule has 7 rings (SSSR count). The number of fused-ring (bicyclic) bond motifs is 1. The first-order valence-electron chi connectivity index (χ1n) is 16.7. The first-order chi connectivity index (χ1) is 23.8. The summed E-state index contributed by atoms with van der Waals surface area (Å²) in [6, 6.07) is 20.3. The number of pyridine rings is 2. The van der Waals surface area contributed by atoms with E-state index in [-0.39, 0.29) is 29.5 Å². The van der Waals surface area contributed by atoms with Crippen LogP contribution in [0.2, 0.25) is 5.02 Å². The van der Waals surface area contributed by atoms with Gasteiger partial charge in [0.05, 0.1) is 10.7 Å². The maximum absolute atomic E-state index is 13.3. The molecule has 3 aromatic heterocycles. The molecule has 2 saturated heterocycles. The van der Waals surface area contributed by atoms with E-state index in [0.717, 1.165) is 64.0 Å². The van der Waals surface area contributed by atoms with E-state index in [9.17, 15) is 14.4 Å². The highest BCUT2D eigenvalue weighted by atomic mass is 35.5. The van der Waals surface area contributed by atoms with Gasteiger partial charge < -0.3 is 21.3 Å². The van der Waals surface area contributed by atoms with E-state index < -0.39 is 0 Å². The standard InChI is InChI=1S/C38H38ClN7O3/c1-23-29(25-14-15-46-34(16-25)43-20-26(38(46)49)19-41-22-28-10-13-36(48)45-28)4-2-5-30(23)31-6-3-7-32(37(31)39)33-11-8-24(18-42-33)17-40-21-27-9-12-35(47)44-27/h2-8,11,14-16,18,20,27-28,40-41H,9-10,12-13,17,19,21-22H2,1H3,(H,44,47)(H,45,48)/t27-,28+/m0/s1. The number of hydrogen-bond acceptors (Lipinski definition) is 7. The molecule has 2 aromatic carbocycles. The molecule has 49 heavy (non-hydrogen) atoms. The molecule has 2 aliphatic rings. The summed E-state index contributed by atoms with van der Waals surface area (Å²) >= 11 is 7.09. The molecule has 0 spiro atoms. The van der Waals surface area contributed by atoms with Gasteiger partial charge in [-0.15, -0.1) is 0 Å². The summed E-state index contributed by atoms with van der Waals surface area (Å²) in [5, 5.41) is 13.2. The Hall–Kier alpha value is -4.90. The van der Waals surface area contributed by atoms with Gasteiger partial charge in [0.25, 0.3) is 5.56 Å². The number of aromatic nitrogens is 3. The Morgan fingerprint density at radius 1 is 0.796 bits per heavy atom. The second-order valence-corrected chi connectivity index (χ2v) is 13.2. The second-order valence-electron chi connectivity index (χ2n) is 12.8. The van der Waals surface area contributed by atoms with Crippen LogP contribution >= 0.6 is 11.6 Å². The van der Waals surface area contributed by atoms with E-state index in [4.69, 9.17) is 16.6 Å². The number of rotatable bonds is 11. The van der Waals surface area contributed by atoms with Gasteiger partial charge in [-0.1, -0.05) is 54.1 Å². The van der Waals surface area contributed by atoms with E-state index >= 15 is 0 Å². The molecule has 250 valence electrons. The monoisotopic (exact) mass is 675 g/mol. The summed E-state index contributed by atoms with van der Waals surface area (Å²) < 4.78 is 1.57. The lowest BCUT2D eigenvalue weighted by atomic mass is 9.92. The number of amides is 2. The molecule has 0 unspecified atom stereocenters. The maximum atomic E-state index is 13.3. The summed E-state index contributed by atoms with van der Waals surface area (Å²) in [4.78, 5) is 45.5. The van der Waals surface area contributed by atoms with Crippen molar-refractivity contribution in [1.82, 2.24) is 35.6 Å². The predicted octanol–water partition coefficient (Wildman–Crippen LogP) is 4.79. The topological polar surface area (TPSA) is 130 Å². The van der Waals surface area contributed by atoms with Crippen molar-refractivity contribution in [3.05, 3.63) is 111 Å². The van der Waals surface area contributed by atoms with Crippen molar-refractivity contribution < 1.29 is 9.59 Å². The molecule has 0 aliphatic carbocycles. The van der Waals surface area contributed by atoms with Crippen LogP contribution in [0.3, 0.4) is 0 Å². The van der Waals surface area contributed by atoms with Crippen LogP contribution in [0.5, 0.6) is 0 Å². The molecular weight excluding hydrogens is 638 g/mol. The van der Waals surface area contributed by atoms with Crippen molar-refractivity contribution in [2.75, 3.05) is 13.1 Å². The third-order valence-electron chi connectivity index (χ3n) is 9.41. The van der Waals surface area contributed by atoms with Crippen LogP contribution in [0.25, 0.3) is 39.2 Å². The minimum absolute atomic E-state index is 0.0738. The van der Waals surface area contributed by atoms with Crippen LogP contribution in [0.15, 0.2) is 84.0 Å². The summed E-state index contributed by atoms with van der Waals surface area (Å²) in [6.07, 6.45) is 8.08. The van der Waals surface area contributed by atoms with Gasteiger partial charge >= 0.3 is 0 Å². The number of carbonyl (C=O) groups is 2. The fraction of sp³-hybridized carbons (Fsp3) is 0.289. The zero-order valence-corrected chi connectivity index (χ0v) is 28.0. The number of hydrogen-bond donors (Lipinski definition) is 4. The smallest absolute Gasteiger partial charge is 0.262 e. The number of carbonyl (C=O) groups excluding carboxylic acids is 2. The number of nitrogens with one attached hydrogen (secondary N) is 4. The van der Waals surface area contributed by atoms with Gasteiger partial charge in [-0.25, -0.2) is 4.98 Å². The molecule has 10 nitrogen and oxygen atoms in total. The zero-order chi connectivity index (χ0) is 33.9. The lowest BCUT2D eigenvalue weighted by molar-refractivity contribution is -0.120. The Bertz CT molecular complexity index is 2100. The van der Waals surface area contributed by atoms with Gasteiger partial charge in [0.1, 0.15) is 5.65 Å². The Morgan fingerprint density at radius 2 is 1.47 bits per heavy atom. The van der Waals surface area contributed by atoms with Gasteiger partial charge in [0.2, 0.25) is 11.8 Å². The van der Waals surface area contributed by atoms with E-state index in [0.29, 0.717) is 48.7 Å². The minimum Gasteiger partial charge on any atom is -0.352 e. The average molecular weight is 676 g/mol. The van der Waals surface area contributed by atoms with Crippen molar-refractivity contribution in [2.24, 2.45) is 0 Å². The third-order valence-corrected chi connectivity index (χ3v) is 9.82. The molecule has 2 fully saturated rings. The van der Waals surface area contributed by atoms with E-state index in [1.54, 1.807) is 16.8 Å². The number of benzene rings is 2. The van der Waals surface area contributed by atoms with E-state index in [1.165, 1.54) is 0 Å². The maximum Gasteiger partial charge on any atom is 0.262 e. The van der Waals surface area contributed by atoms with Crippen LogP contribution in [0.4, 0.5) is 0 Å². The highest BCUT2D eigenvalue weighted by Gasteiger charge is 2.21. The Balaban J connectivity index is 1.07. The summed E-state index contributed by atoms with van der Waals surface area (Å²) in [5.41, 5.74) is 8.65. The molecule has 0 radical (unpaired) electrons. The number of halogens is 1. The lowest BCUT2D eigenvalue weighted by Gasteiger charge is -2.16. The molecule has 11 heteroatoms. The molecule has 0 bridgehead atoms. The van der Waals surface area contributed by atoms with Crippen molar-refractivity contribution in [3.8, 4) is 33.5 Å². The highest BCUT2D eigenvalue weighted by Crippen LogP contribution is 2.39. The summed E-state index contributed by atoms with van der Waals surface area (Å²) in [6.45, 7) is 4.47. The Morgan fingerprint density at radius 3 is 2.14 bits per heavy atom. The Kier molecular flexibility index (Phi) is 9.52. The van der Waals surface area contributed by atoms with Crippen LogP contribution in [0.1, 0.15) is 42.4 Å². The molecular formula is C38H38ClN7O3. The van der Waals surface area contributed by atoms with E-state index in [2.05, 4.69) is 45.3 Å². The lowest BCUT2D eigenvalue weighted by Crippen LogP contribution is -2.36. The third kappa shape index (κ3) is 7.12. The Labute approximate surface area is 289 Å². The fourth-order valence-electron chi connectivity index (χ4n) is 6.70. The van der Waals surface area contributed by atoms with Gasteiger partial charge in [-0.05, 0) is 65.8 Å². The van der Waals surface area contributed by atoms with Crippen LogP contribution in [-0.4, -0.2) is 51.4 Å². The molecule has 2 amide bonds. The second kappa shape index (κ2) is 14.3. The van der Waals surface area contributed by atoms with Gasteiger partial charge in [0.15, 0.2) is 0 Å². The SMILES string of the molecule is Cc1c(-c2ccn3c(=O)c(CNC[C@H]4CCC(=O)N4)cnc3c2)cccc1-c1cccc(-c2ccc(CNC[C@@H]3CCC(=O)N3)cn2)c1Cl. The zero-order valence-electron chi connectivity index (χ0n) is 27.3. The predicted molar refractivity (Wildman–Crippen MR) is 191 cm³/mol.